The van der Waals surface area contributed by atoms with Crippen molar-refractivity contribution in [1.29, 1.82) is 21.0 Å². The summed E-state index contributed by atoms with van der Waals surface area (Å²) in [5.41, 5.74) is 25.5. The molecule has 0 fully saturated rings. The van der Waals surface area contributed by atoms with E-state index in [2.05, 4.69) is 131 Å². The van der Waals surface area contributed by atoms with E-state index in [1.807, 2.05) is 52.0 Å². The summed E-state index contributed by atoms with van der Waals surface area (Å²) in [4.78, 5) is 4.36. The second-order valence-corrected chi connectivity index (χ2v) is 8.84. The third kappa shape index (κ3) is 991. The fourth-order valence-electron chi connectivity index (χ4n) is 0.488. The van der Waals surface area contributed by atoms with Gasteiger partial charge in [0, 0.05) is 38.8 Å². The van der Waals surface area contributed by atoms with Gasteiger partial charge in [-0.05, 0) is 28.2 Å². The molecule has 0 aromatic heterocycles. The molecule has 0 amide bonds. The van der Waals surface area contributed by atoms with Gasteiger partial charge in [0.25, 0.3) is 0 Å². The fraction of sp³-hybridized carbons (Fsp3) is 0.889. The molecule has 0 bridgehead atoms. The molecule has 0 spiro atoms. The van der Waals surface area contributed by atoms with Gasteiger partial charge in [-0.25, -0.2) is 0 Å². The first-order chi connectivity index (χ1) is 25.3. The molecule has 392 valence electrons. The molecule has 8 N–H and O–H groups in total. The zero-order valence-electron chi connectivity index (χ0n) is 38.4. The van der Waals surface area contributed by atoms with Crippen molar-refractivity contribution in [2.75, 3.05) is 67.5 Å². The monoisotopic (exact) mass is 1720 g/mol. The van der Waals surface area contributed by atoms with E-state index >= 15 is 0 Å². The van der Waals surface area contributed by atoms with E-state index in [-0.39, 0.29) is 70.0 Å². The first kappa shape index (κ1) is 137. The minimum atomic E-state index is 0. The zero-order chi connectivity index (χ0) is 46.6. The van der Waals surface area contributed by atoms with Crippen molar-refractivity contribution in [2.45, 2.75) is 148 Å². The van der Waals surface area contributed by atoms with E-state index < -0.39 is 0 Å². The van der Waals surface area contributed by atoms with E-state index in [0.717, 1.165) is 19.5 Å². The summed E-state index contributed by atoms with van der Waals surface area (Å²) in [6, 6.07) is 7.72. The van der Waals surface area contributed by atoms with Gasteiger partial charge in [0.05, 0.1) is 24.3 Å². The minimum absolute atomic E-state index is 0. The van der Waals surface area contributed by atoms with Crippen LogP contribution >= 0.6 is 74.9 Å². The Morgan fingerprint density at radius 2 is 0.492 bits per heavy atom. The molecule has 0 aromatic carbocycles. The number of nitrogens with two attached hydrogens (primary N) is 2. The third-order valence-electron chi connectivity index (χ3n) is 2.11. The summed E-state index contributed by atoms with van der Waals surface area (Å²) >= 11 is 6.44. The number of likely N-dealkylation sites (N-methyl/N-ethyl adjacent to an activating group) is 2. The van der Waals surface area contributed by atoms with Crippen molar-refractivity contribution >= 4 is 74.9 Å². The van der Waals surface area contributed by atoms with E-state index in [9.17, 15) is 0 Å². The maximum atomic E-state index is 7.62. The van der Waals surface area contributed by atoms with Crippen LogP contribution in [0.2, 0.25) is 0 Å². The predicted octanol–water partition coefficient (Wildman–Crippen LogP) is 18.1. The quantitative estimate of drug-likeness (QED) is 0.249. The molecule has 0 radical (unpaired) electrons. The van der Waals surface area contributed by atoms with Crippen molar-refractivity contribution in [3.8, 4) is 24.3 Å². The number of hydrogen-bond acceptors (Lipinski definition) is 6. The van der Waals surface area contributed by atoms with E-state index in [4.69, 9.17) is 44.0 Å². The average Bonchev–Trinajstić information content (AvgIpc) is 3.19. The number of nitriles is 4. The SMILES string of the molecule is C.CCC.CCC.CCC.CCC.CCC#N.CCC#N.CCC#N.CCC#N.CN(C)CCN(C)C.Cl.Cl.Cl.[Cl][Pt].[Cl][Pt].[Cl][Pt].[Cl][Pt].[NH-]CCC[NH-].[NH-]CC[NH-].[NH2-].[NH2-]. The predicted molar refractivity (Wildman–Crippen MR) is 268 cm³/mol. The second-order valence-electron chi connectivity index (χ2n) is 8.84. The van der Waals surface area contributed by atoms with Gasteiger partial charge in [0.1, 0.15) is 0 Å². The Labute approximate surface area is 451 Å². The average molecular weight is 1720 g/mol. The summed E-state index contributed by atoms with van der Waals surface area (Å²) in [7, 11) is 26.8. The summed E-state index contributed by atoms with van der Waals surface area (Å²) in [6.07, 6.45) is 8.22. The minimum Gasteiger partial charge on any atom is -0.693 e. The number of halogens is 7. The number of nitrogens with zero attached hydrogens (tertiary/aromatic N) is 6. The van der Waals surface area contributed by atoms with Crippen LogP contribution in [0.3, 0.4) is 0 Å². The standard InChI is InChI=1S/C6H16N2.C3H8N2.4C3H5N.4C3H8.C2H6N2.CH4.7ClH.2H2N.4Pt/c1-7(2)5-6-8(3)4;4-2-1-3-5;4*1-2-3-4;4*1-3-2;3-1-2-4;;;;;;;;;;;;;;/h5-6H2,1-4H3;4-5H,1-3H2;4*2H2,1H3;4*3H2,1-2H3;3-4H,1-2H2;1H4;7*1H;2*1H2;;;;/q;-2;;;;;;;;;-2;;;;;;;;;2*-1;4*+1/p-4. The van der Waals surface area contributed by atoms with Gasteiger partial charge in [-0.2, -0.15) is 47.2 Å². The van der Waals surface area contributed by atoms with Crippen LogP contribution in [-0.2, 0) is 75.1 Å². The third-order valence-corrected chi connectivity index (χ3v) is 2.11. The molecule has 0 heterocycles. The first-order valence-electron chi connectivity index (χ1n) is 17.1. The normalized spacial score (nSPS) is 5.80. The van der Waals surface area contributed by atoms with Crippen LogP contribution in [0.4, 0.5) is 0 Å². The maximum Gasteiger partial charge on any atom is -0.0916 e. The van der Waals surface area contributed by atoms with Crippen molar-refractivity contribution in [3.05, 3.63) is 35.2 Å². The Morgan fingerprint density at radius 3 is 0.508 bits per heavy atom. The molecule has 12 nitrogen and oxygen atoms in total. The van der Waals surface area contributed by atoms with Gasteiger partial charge >= 0.3 is 113 Å². The van der Waals surface area contributed by atoms with Crippen molar-refractivity contribution in [3.63, 3.8) is 0 Å². The molecular weight excluding hydrogens is 1630 g/mol. The second kappa shape index (κ2) is 284. The molecule has 0 aliphatic carbocycles. The Morgan fingerprint density at radius 1 is 0.390 bits per heavy atom. The van der Waals surface area contributed by atoms with E-state index in [0.29, 0.717) is 38.8 Å². The molecule has 0 atom stereocenters. The molecule has 59 heavy (non-hydrogen) atoms. The van der Waals surface area contributed by atoms with Gasteiger partial charge in [0.15, 0.2) is 0 Å². The van der Waals surface area contributed by atoms with E-state index in [1.54, 1.807) is 75.1 Å². The molecule has 0 aromatic rings. The van der Waals surface area contributed by atoms with E-state index in [1.165, 1.54) is 25.7 Å². The zero-order valence-corrected chi connectivity index (χ0v) is 53.0. The number of hydrogen-bond donors (Lipinski definition) is 0. The smallest absolute Gasteiger partial charge is 0.0916 e. The molecule has 23 heteroatoms. The Bertz CT molecular complexity index is 467. The maximum absolute atomic E-state index is 7.62. The molecule has 0 rings (SSSR count). The van der Waals surface area contributed by atoms with Crippen LogP contribution < -0.4 is 0 Å². The van der Waals surface area contributed by atoms with Crippen LogP contribution in [0, 0.1) is 45.3 Å². The summed E-state index contributed by atoms with van der Waals surface area (Å²) in [5.74, 6) is 0. The van der Waals surface area contributed by atoms with Crippen LogP contribution in [0.15, 0.2) is 0 Å². The van der Waals surface area contributed by atoms with Crippen LogP contribution in [0.1, 0.15) is 148 Å². The van der Waals surface area contributed by atoms with Crippen LogP contribution in [0.25, 0.3) is 35.2 Å². The van der Waals surface area contributed by atoms with Gasteiger partial charge in [-0.1, -0.05) is 123 Å². The summed E-state index contributed by atoms with van der Waals surface area (Å²) in [6.45, 7) is 27.9. The number of nitrogens with one attached hydrogen (secondary N) is 4. The molecular formula is C36H93Cl7N12Pt4-6. The molecule has 0 aliphatic rings. The van der Waals surface area contributed by atoms with Crippen LogP contribution in [-0.4, -0.2) is 77.3 Å². The summed E-state index contributed by atoms with van der Waals surface area (Å²) < 4.78 is 0. The summed E-state index contributed by atoms with van der Waals surface area (Å²) in [5, 5.41) is 30.5. The van der Waals surface area contributed by atoms with Gasteiger partial charge in [0.2, 0.25) is 0 Å². The van der Waals surface area contributed by atoms with Crippen molar-refractivity contribution in [2.24, 2.45) is 0 Å². The fourth-order valence-corrected chi connectivity index (χ4v) is 0.488. The van der Waals surface area contributed by atoms with Crippen molar-refractivity contribution < 1.29 is 75.1 Å². The Hall–Kier alpha value is 2.42. The van der Waals surface area contributed by atoms with Gasteiger partial charge < -0.3 is 45.0 Å². The van der Waals surface area contributed by atoms with Crippen LogP contribution in [0.5, 0.6) is 0 Å². The molecule has 0 saturated carbocycles. The molecule has 0 aliphatic heterocycles. The molecule has 0 unspecified atom stereocenters. The van der Waals surface area contributed by atoms with Gasteiger partial charge in [-0.3, -0.25) is 0 Å². The molecule has 0 saturated heterocycles. The van der Waals surface area contributed by atoms with Crippen molar-refractivity contribution in [1.82, 2.24) is 9.80 Å². The first-order valence-corrected chi connectivity index (χ1v) is 28.4. The van der Waals surface area contributed by atoms with Gasteiger partial charge in [-0.15, -0.1) is 37.2 Å². The Balaban J connectivity index is -0.0000000139. The number of rotatable bonds is 6. The largest absolute Gasteiger partial charge is 0.693 e. The Kier molecular flexibility index (Phi) is 660. The topological polar surface area (TPSA) is 264 Å².